The zero-order chi connectivity index (χ0) is 19.3. The maximum atomic E-state index is 12.4. The predicted molar refractivity (Wildman–Crippen MR) is 92.3 cm³/mol. The number of benzene rings is 1. The van der Waals surface area contributed by atoms with Gasteiger partial charge in [-0.15, -0.1) is 0 Å². The van der Waals surface area contributed by atoms with Gasteiger partial charge < -0.3 is 9.64 Å². The molecule has 1 fully saturated rings. The number of hydrogen-bond acceptors (Lipinski definition) is 6. The number of nitrogens with zero attached hydrogens (tertiary/aromatic N) is 3. The van der Waals surface area contributed by atoms with Crippen LogP contribution in [0.3, 0.4) is 0 Å². The van der Waals surface area contributed by atoms with Gasteiger partial charge in [0.2, 0.25) is 0 Å². The van der Waals surface area contributed by atoms with E-state index < -0.39 is 28.9 Å². The van der Waals surface area contributed by atoms with Crippen molar-refractivity contribution in [3.8, 4) is 6.07 Å². The molecule has 2 rings (SSSR count). The Morgan fingerprint density at radius 3 is 2.58 bits per heavy atom. The fourth-order valence-electron chi connectivity index (χ4n) is 3.14. The molecule has 1 saturated carbocycles. The molecule has 26 heavy (non-hydrogen) atoms. The van der Waals surface area contributed by atoms with Gasteiger partial charge >= 0.3 is 5.97 Å². The summed E-state index contributed by atoms with van der Waals surface area (Å²) in [4.78, 5) is 36.2. The summed E-state index contributed by atoms with van der Waals surface area (Å²) in [7, 11) is 1.54. The number of rotatable bonds is 5. The Balaban J connectivity index is 2.03. The molecule has 0 unspecified atom stereocenters. The monoisotopic (exact) mass is 359 g/mol. The number of nitriles is 1. The van der Waals surface area contributed by atoms with Crippen LogP contribution >= 0.6 is 0 Å². The standard InChI is InChI=1S/C18H21N3O5/c1-13-6-7-14(10-15(13)21(24)25)17(23)26-11-16(22)20(2)18(12-19)8-4-3-5-9-18/h6-7,10H,3-5,8-9,11H2,1-2H3. The Kier molecular flexibility index (Phi) is 5.93. The van der Waals surface area contributed by atoms with Gasteiger partial charge in [0.1, 0.15) is 5.54 Å². The molecule has 0 spiro atoms. The highest BCUT2D eigenvalue weighted by molar-refractivity contribution is 5.92. The molecule has 0 atom stereocenters. The topological polar surface area (TPSA) is 114 Å². The van der Waals surface area contributed by atoms with Crippen LogP contribution in [0.4, 0.5) is 5.69 Å². The Bertz CT molecular complexity index is 763. The Labute approximate surface area is 151 Å². The number of carbonyl (C=O) groups excluding carboxylic acids is 2. The zero-order valence-electron chi connectivity index (χ0n) is 14.9. The third kappa shape index (κ3) is 3.99. The summed E-state index contributed by atoms with van der Waals surface area (Å²) in [6.45, 7) is 1.05. The molecule has 0 heterocycles. The minimum absolute atomic E-state index is 0.00501. The van der Waals surface area contributed by atoms with E-state index in [2.05, 4.69) is 6.07 Å². The number of hydrogen-bond donors (Lipinski definition) is 0. The van der Waals surface area contributed by atoms with Gasteiger partial charge in [-0.05, 0) is 25.8 Å². The lowest BCUT2D eigenvalue weighted by molar-refractivity contribution is -0.385. The molecular formula is C18H21N3O5. The van der Waals surface area contributed by atoms with Gasteiger partial charge in [0, 0.05) is 18.7 Å². The normalized spacial score (nSPS) is 15.6. The summed E-state index contributed by atoms with van der Waals surface area (Å²) in [6.07, 6.45) is 3.98. The number of esters is 1. The first kappa shape index (κ1) is 19.4. The predicted octanol–water partition coefficient (Wildman–Crippen LogP) is 2.74. The fraction of sp³-hybridized carbons (Fsp3) is 0.500. The molecule has 0 radical (unpaired) electrons. The SMILES string of the molecule is Cc1ccc(C(=O)OCC(=O)N(C)C2(C#N)CCCCC2)cc1[N+](=O)[O-]. The Morgan fingerprint density at radius 1 is 1.35 bits per heavy atom. The van der Waals surface area contributed by atoms with E-state index in [1.165, 1.54) is 17.0 Å². The molecule has 1 amide bonds. The quantitative estimate of drug-likeness (QED) is 0.454. The van der Waals surface area contributed by atoms with Crippen molar-refractivity contribution >= 4 is 17.6 Å². The lowest BCUT2D eigenvalue weighted by Crippen LogP contribution is -2.51. The van der Waals surface area contributed by atoms with Gasteiger partial charge in [0.25, 0.3) is 11.6 Å². The van der Waals surface area contributed by atoms with Crippen LogP contribution in [0.15, 0.2) is 18.2 Å². The molecule has 8 heteroatoms. The van der Waals surface area contributed by atoms with Gasteiger partial charge in [-0.3, -0.25) is 14.9 Å². The van der Waals surface area contributed by atoms with Crippen LogP contribution in [0.1, 0.15) is 48.0 Å². The molecule has 1 aromatic carbocycles. The second-order valence-electron chi connectivity index (χ2n) is 6.49. The van der Waals surface area contributed by atoms with Crippen molar-refractivity contribution in [1.29, 1.82) is 5.26 Å². The van der Waals surface area contributed by atoms with E-state index in [9.17, 15) is 25.0 Å². The van der Waals surface area contributed by atoms with E-state index in [1.54, 1.807) is 14.0 Å². The lowest BCUT2D eigenvalue weighted by atomic mass is 9.81. The van der Waals surface area contributed by atoms with Crippen molar-refractivity contribution in [1.82, 2.24) is 4.90 Å². The molecule has 1 aliphatic carbocycles. The van der Waals surface area contributed by atoms with Gasteiger partial charge in [-0.1, -0.05) is 25.3 Å². The van der Waals surface area contributed by atoms with Crippen molar-refractivity contribution in [3.63, 3.8) is 0 Å². The molecular weight excluding hydrogens is 338 g/mol. The van der Waals surface area contributed by atoms with Gasteiger partial charge in [-0.25, -0.2) is 4.79 Å². The van der Waals surface area contributed by atoms with Crippen molar-refractivity contribution in [2.24, 2.45) is 0 Å². The van der Waals surface area contributed by atoms with E-state index in [-0.39, 0.29) is 11.3 Å². The van der Waals surface area contributed by atoms with Crippen LogP contribution in [0.5, 0.6) is 0 Å². The molecule has 1 aromatic rings. The third-order valence-corrected chi connectivity index (χ3v) is 4.87. The molecule has 138 valence electrons. The van der Waals surface area contributed by atoms with E-state index in [0.29, 0.717) is 18.4 Å². The van der Waals surface area contributed by atoms with Crippen LogP contribution < -0.4 is 0 Å². The Hall–Kier alpha value is -2.95. The number of aryl methyl sites for hydroxylation is 1. The van der Waals surface area contributed by atoms with Crippen molar-refractivity contribution < 1.29 is 19.2 Å². The summed E-state index contributed by atoms with van der Waals surface area (Å²) in [5.41, 5.74) is -0.612. The largest absolute Gasteiger partial charge is 0.452 e. The minimum Gasteiger partial charge on any atom is -0.452 e. The zero-order valence-corrected chi connectivity index (χ0v) is 14.9. The first-order valence-electron chi connectivity index (χ1n) is 8.41. The molecule has 0 bridgehead atoms. The van der Waals surface area contributed by atoms with Crippen LogP contribution in [-0.4, -0.2) is 40.9 Å². The highest BCUT2D eigenvalue weighted by atomic mass is 16.6. The number of ether oxygens (including phenoxy) is 1. The number of carbonyl (C=O) groups is 2. The molecule has 0 saturated heterocycles. The average molecular weight is 359 g/mol. The molecule has 0 aromatic heterocycles. The van der Waals surface area contributed by atoms with Gasteiger partial charge in [-0.2, -0.15) is 5.26 Å². The number of nitro groups is 1. The summed E-state index contributed by atoms with van der Waals surface area (Å²) in [5, 5.41) is 20.5. The van der Waals surface area contributed by atoms with E-state index >= 15 is 0 Å². The second-order valence-corrected chi connectivity index (χ2v) is 6.49. The first-order valence-corrected chi connectivity index (χ1v) is 8.41. The third-order valence-electron chi connectivity index (χ3n) is 4.87. The lowest BCUT2D eigenvalue weighted by Gasteiger charge is -2.38. The number of likely N-dealkylation sites (N-methyl/N-ethyl adjacent to an activating group) is 1. The van der Waals surface area contributed by atoms with Crippen molar-refractivity contribution in [2.75, 3.05) is 13.7 Å². The highest BCUT2D eigenvalue weighted by Gasteiger charge is 2.39. The number of nitro benzene ring substituents is 1. The highest BCUT2D eigenvalue weighted by Crippen LogP contribution is 2.32. The molecule has 1 aliphatic rings. The van der Waals surface area contributed by atoms with E-state index in [1.807, 2.05) is 0 Å². The Morgan fingerprint density at radius 2 is 2.00 bits per heavy atom. The van der Waals surface area contributed by atoms with Crippen molar-refractivity contribution in [2.45, 2.75) is 44.6 Å². The smallest absolute Gasteiger partial charge is 0.338 e. The maximum absolute atomic E-state index is 12.4. The van der Waals surface area contributed by atoms with Crippen LogP contribution in [-0.2, 0) is 9.53 Å². The van der Waals surface area contributed by atoms with Crippen LogP contribution in [0.2, 0.25) is 0 Å². The van der Waals surface area contributed by atoms with E-state index in [4.69, 9.17) is 4.74 Å². The van der Waals surface area contributed by atoms with Gasteiger partial charge in [0.05, 0.1) is 16.6 Å². The average Bonchev–Trinajstić information content (AvgIpc) is 2.65. The number of amides is 1. The second kappa shape index (κ2) is 7.95. The van der Waals surface area contributed by atoms with E-state index in [0.717, 1.165) is 25.3 Å². The van der Waals surface area contributed by atoms with Crippen LogP contribution in [0.25, 0.3) is 0 Å². The van der Waals surface area contributed by atoms with Crippen LogP contribution in [0, 0.1) is 28.4 Å². The molecule has 0 aliphatic heterocycles. The minimum atomic E-state index is -0.857. The summed E-state index contributed by atoms with van der Waals surface area (Å²) < 4.78 is 5.00. The molecule has 0 N–H and O–H groups in total. The van der Waals surface area contributed by atoms with Crippen molar-refractivity contribution in [3.05, 3.63) is 39.4 Å². The molecule has 8 nitrogen and oxygen atoms in total. The first-order chi connectivity index (χ1) is 12.3. The summed E-state index contributed by atoms with van der Waals surface area (Å²) >= 11 is 0. The maximum Gasteiger partial charge on any atom is 0.338 e. The summed E-state index contributed by atoms with van der Waals surface area (Å²) in [6, 6.07) is 6.23. The fourth-order valence-corrected chi connectivity index (χ4v) is 3.14. The summed E-state index contributed by atoms with van der Waals surface area (Å²) in [5.74, 6) is -1.28. The van der Waals surface area contributed by atoms with Gasteiger partial charge in [0.15, 0.2) is 6.61 Å².